The number of hydrogen-bond acceptors (Lipinski definition) is 4. The van der Waals surface area contributed by atoms with Gasteiger partial charge in [-0.05, 0) is 18.9 Å². The van der Waals surface area contributed by atoms with Gasteiger partial charge in [0.25, 0.3) is 0 Å². The molecule has 1 aromatic rings. The van der Waals surface area contributed by atoms with Gasteiger partial charge in [0.05, 0.1) is 12.5 Å². The van der Waals surface area contributed by atoms with Crippen LogP contribution in [0.1, 0.15) is 42.6 Å². The van der Waals surface area contributed by atoms with Gasteiger partial charge in [-0.1, -0.05) is 31.2 Å². The molecule has 0 aliphatic rings. The fraction of sp³-hybridized carbons (Fsp3) is 0.438. The zero-order valence-corrected chi connectivity index (χ0v) is 12.4. The third-order valence-electron chi connectivity index (χ3n) is 3.12. The van der Waals surface area contributed by atoms with E-state index in [9.17, 15) is 14.4 Å². The maximum Gasteiger partial charge on any atom is 0.309 e. The molecule has 0 aromatic heterocycles. The van der Waals surface area contributed by atoms with Crippen LogP contribution in [0.25, 0.3) is 0 Å². The van der Waals surface area contributed by atoms with Crippen molar-refractivity contribution in [2.75, 3.05) is 6.61 Å². The molecule has 0 heterocycles. The highest BCUT2D eigenvalue weighted by molar-refractivity contribution is 5.98. The molecule has 5 nitrogen and oxygen atoms in total. The fourth-order valence-corrected chi connectivity index (χ4v) is 1.89. The van der Waals surface area contributed by atoms with Crippen molar-refractivity contribution in [1.29, 1.82) is 0 Å². The van der Waals surface area contributed by atoms with Crippen molar-refractivity contribution < 1.29 is 19.1 Å². The number of carbonyl (C=O) groups excluding carboxylic acids is 3. The highest BCUT2D eigenvalue weighted by atomic mass is 16.5. The van der Waals surface area contributed by atoms with Crippen LogP contribution >= 0.6 is 0 Å². The Morgan fingerprint density at radius 2 is 1.81 bits per heavy atom. The molecule has 0 aliphatic carbocycles. The van der Waals surface area contributed by atoms with Gasteiger partial charge >= 0.3 is 5.97 Å². The van der Waals surface area contributed by atoms with Crippen LogP contribution < -0.4 is 5.73 Å². The van der Waals surface area contributed by atoms with Crippen molar-refractivity contribution in [3.63, 3.8) is 0 Å². The lowest BCUT2D eigenvalue weighted by molar-refractivity contribution is -0.147. The quantitative estimate of drug-likeness (QED) is 0.585. The van der Waals surface area contributed by atoms with E-state index in [0.717, 1.165) is 5.56 Å². The molecule has 0 saturated carbocycles. The van der Waals surface area contributed by atoms with Crippen molar-refractivity contribution in [3.8, 4) is 0 Å². The zero-order valence-electron chi connectivity index (χ0n) is 12.4. The Morgan fingerprint density at radius 3 is 2.33 bits per heavy atom. The average molecular weight is 291 g/mol. The number of hydrogen-bond donors (Lipinski definition) is 1. The number of carbonyl (C=O) groups is 3. The molecule has 21 heavy (non-hydrogen) atoms. The van der Waals surface area contributed by atoms with Crippen molar-refractivity contribution in [2.24, 2.45) is 11.7 Å². The van der Waals surface area contributed by atoms with E-state index in [0.29, 0.717) is 18.6 Å². The van der Waals surface area contributed by atoms with Gasteiger partial charge in [-0.3, -0.25) is 14.4 Å². The Hall–Kier alpha value is -2.17. The number of primary amides is 1. The molecule has 1 unspecified atom stereocenters. The van der Waals surface area contributed by atoms with Crippen LogP contribution in [-0.4, -0.2) is 24.3 Å². The average Bonchev–Trinajstić information content (AvgIpc) is 2.45. The number of ether oxygens (including phenoxy) is 1. The molecule has 2 N–H and O–H groups in total. The smallest absolute Gasteiger partial charge is 0.309 e. The molecular formula is C16H21NO4. The topological polar surface area (TPSA) is 86.5 Å². The molecule has 0 fully saturated rings. The summed E-state index contributed by atoms with van der Waals surface area (Å²) in [6.07, 6.45) is 0.968. The predicted molar refractivity (Wildman–Crippen MR) is 78.7 cm³/mol. The second-order valence-electron chi connectivity index (χ2n) is 4.94. The minimum absolute atomic E-state index is 0.1000. The normalized spacial score (nSPS) is 11.7. The molecule has 114 valence electrons. The highest BCUT2D eigenvalue weighted by Gasteiger charge is 2.18. The molecule has 1 rings (SSSR count). The van der Waals surface area contributed by atoms with Crippen LogP contribution in [0.5, 0.6) is 0 Å². The van der Waals surface area contributed by atoms with Crippen molar-refractivity contribution >= 4 is 17.7 Å². The Balaban J connectivity index is 2.58. The van der Waals surface area contributed by atoms with Gasteiger partial charge in [-0.15, -0.1) is 0 Å². The second kappa shape index (κ2) is 8.19. The largest absolute Gasteiger partial charge is 0.466 e. The highest BCUT2D eigenvalue weighted by Crippen LogP contribution is 2.13. The molecule has 0 bridgehead atoms. The van der Waals surface area contributed by atoms with Crippen LogP contribution in [0, 0.1) is 5.92 Å². The summed E-state index contributed by atoms with van der Waals surface area (Å²) < 4.78 is 4.88. The number of esters is 1. The lowest BCUT2D eigenvalue weighted by Crippen LogP contribution is -2.18. The van der Waals surface area contributed by atoms with E-state index in [-0.39, 0.29) is 30.5 Å². The van der Waals surface area contributed by atoms with Crippen LogP contribution in [-0.2, 0) is 20.7 Å². The predicted octanol–water partition coefficient (Wildman–Crippen LogP) is 1.88. The number of amides is 1. The SMILES string of the molecule is CCOC(=O)C(C)CC(=O)c1ccc(CCC(N)=O)cc1. The molecule has 0 aliphatic heterocycles. The van der Waals surface area contributed by atoms with E-state index in [4.69, 9.17) is 10.5 Å². The fourth-order valence-electron chi connectivity index (χ4n) is 1.89. The lowest BCUT2D eigenvalue weighted by atomic mass is 9.98. The van der Waals surface area contributed by atoms with E-state index >= 15 is 0 Å². The van der Waals surface area contributed by atoms with Gasteiger partial charge in [-0.2, -0.15) is 0 Å². The van der Waals surface area contributed by atoms with Crippen LogP contribution in [0.15, 0.2) is 24.3 Å². The number of rotatable bonds is 8. The summed E-state index contributed by atoms with van der Waals surface area (Å²) in [5, 5.41) is 0. The molecule has 1 aromatic carbocycles. The maximum absolute atomic E-state index is 12.1. The number of nitrogens with two attached hydrogens (primary N) is 1. The minimum atomic E-state index is -0.452. The molecular weight excluding hydrogens is 270 g/mol. The van der Waals surface area contributed by atoms with Crippen molar-refractivity contribution in [3.05, 3.63) is 35.4 Å². The summed E-state index contributed by atoms with van der Waals surface area (Å²) in [4.78, 5) is 34.3. The third-order valence-corrected chi connectivity index (χ3v) is 3.12. The number of Topliss-reactive ketones (excluding diaryl/α,β-unsaturated/α-hetero) is 1. The Labute approximate surface area is 124 Å². The van der Waals surface area contributed by atoms with Gasteiger partial charge in [0, 0.05) is 18.4 Å². The minimum Gasteiger partial charge on any atom is -0.466 e. The first kappa shape index (κ1) is 16.9. The van der Waals surface area contributed by atoms with E-state index in [2.05, 4.69) is 0 Å². The first-order valence-electron chi connectivity index (χ1n) is 7.01. The molecule has 0 radical (unpaired) electrons. The van der Waals surface area contributed by atoms with E-state index in [1.165, 1.54) is 0 Å². The van der Waals surface area contributed by atoms with Gasteiger partial charge < -0.3 is 10.5 Å². The van der Waals surface area contributed by atoms with E-state index in [1.54, 1.807) is 38.1 Å². The van der Waals surface area contributed by atoms with Crippen molar-refractivity contribution in [1.82, 2.24) is 0 Å². The number of aryl methyl sites for hydroxylation is 1. The Bertz CT molecular complexity index is 508. The molecule has 5 heteroatoms. The zero-order chi connectivity index (χ0) is 15.8. The van der Waals surface area contributed by atoms with E-state index < -0.39 is 5.92 Å². The van der Waals surface area contributed by atoms with Gasteiger partial charge in [-0.25, -0.2) is 0 Å². The third kappa shape index (κ3) is 5.77. The molecule has 1 amide bonds. The van der Waals surface area contributed by atoms with Gasteiger partial charge in [0.1, 0.15) is 0 Å². The number of ketones is 1. The first-order valence-corrected chi connectivity index (χ1v) is 7.01. The summed E-state index contributed by atoms with van der Waals surface area (Å²) in [6.45, 7) is 3.72. The standard InChI is InChI=1S/C16H21NO4/c1-3-21-16(20)11(2)10-14(18)13-7-4-12(5-8-13)6-9-15(17)19/h4-5,7-8,11H,3,6,9-10H2,1-2H3,(H2,17,19). The van der Waals surface area contributed by atoms with Crippen molar-refractivity contribution in [2.45, 2.75) is 33.1 Å². The Kier molecular flexibility index (Phi) is 6.59. The second-order valence-corrected chi connectivity index (χ2v) is 4.94. The molecule has 1 atom stereocenters. The maximum atomic E-state index is 12.1. The summed E-state index contributed by atoms with van der Waals surface area (Å²) in [5.41, 5.74) is 6.59. The van der Waals surface area contributed by atoms with E-state index in [1.807, 2.05) is 0 Å². The monoisotopic (exact) mass is 291 g/mol. The molecule has 0 saturated heterocycles. The van der Waals surface area contributed by atoms with Gasteiger partial charge in [0.15, 0.2) is 5.78 Å². The van der Waals surface area contributed by atoms with Crippen LogP contribution in [0.4, 0.5) is 0 Å². The number of benzene rings is 1. The summed E-state index contributed by atoms with van der Waals surface area (Å²) in [7, 11) is 0. The van der Waals surface area contributed by atoms with Crippen LogP contribution in [0.2, 0.25) is 0 Å². The lowest BCUT2D eigenvalue weighted by Gasteiger charge is -2.09. The first-order chi connectivity index (χ1) is 9.93. The summed E-state index contributed by atoms with van der Waals surface area (Å²) in [6, 6.07) is 7.00. The van der Waals surface area contributed by atoms with Crippen LogP contribution in [0.3, 0.4) is 0 Å². The summed E-state index contributed by atoms with van der Waals surface area (Å²) in [5.74, 6) is -1.26. The van der Waals surface area contributed by atoms with Gasteiger partial charge in [0.2, 0.25) is 5.91 Å². The Morgan fingerprint density at radius 1 is 1.19 bits per heavy atom. The summed E-state index contributed by atoms with van der Waals surface area (Å²) >= 11 is 0. The molecule has 0 spiro atoms.